The lowest BCUT2D eigenvalue weighted by molar-refractivity contribution is 0.204. The SMILES string of the molecule is CCCNC(C)C(C)N(C)Cc1ccccc1F. The van der Waals surface area contributed by atoms with Crippen molar-refractivity contribution in [3.63, 3.8) is 0 Å². The maximum absolute atomic E-state index is 13.6. The van der Waals surface area contributed by atoms with Gasteiger partial charge in [-0.2, -0.15) is 0 Å². The van der Waals surface area contributed by atoms with Crippen molar-refractivity contribution in [1.82, 2.24) is 10.2 Å². The van der Waals surface area contributed by atoms with Crippen LogP contribution in [-0.4, -0.2) is 30.6 Å². The molecule has 0 saturated carbocycles. The van der Waals surface area contributed by atoms with E-state index in [1.807, 2.05) is 19.2 Å². The highest BCUT2D eigenvalue weighted by Crippen LogP contribution is 2.12. The highest BCUT2D eigenvalue weighted by Gasteiger charge is 2.17. The second-order valence-electron chi connectivity index (χ2n) is 4.99. The maximum atomic E-state index is 13.6. The van der Waals surface area contributed by atoms with Crippen LogP contribution in [0.4, 0.5) is 4.39 Å². The normalized spacial score (nSPS) is 14.8. The molecule has 1 rings (SSSR count). The fourth-order valence-corrected chi connectivity index (χ4v) is 1.96. The predicted octanol–water partition coefficient (Wildman–Crippen LogP) is 3.03. The Hall–Kier alpha value is -0.930. The van der Waals surface area contributed by atoms with Crippen LogP contribution in [0.3, 0.4) is 0 Å². The fourth-order valence-electron chi connectivity index (χ4n) is 1.96. The molecular formula is C15H25FN2. The summed E-state index contributed by atoms with van der Waals surface area (Å²) in [5, 5.41) is 3.48. The Balaban J connectivity index is 2.54. The molecule has 0 spiro atoms. The lowest BCUT2D eigenvalue weighted by Crippen LogP contribution is -2.45. The van der Waals surface area contributed by atoms with Crippen molar-refractivity contribution in [2.24, 2.45) is 0 Å². The molecule has 18 heavy (non-hydrogen) atoms. The van der Waals surface area contributed by atoms with Gasteiger partial charge in [-0.25, -0.2) is 4.39 Å². The lowest BCUT2D eigenvalue weighted by atomic mass is 10.1. The first-order chi connectivity index (χ1) is 8.56. The Bertz CT molecular complexity index is 354. The monoisotopic (exact) mass is 252 g/mol. The van der Waals surface area contributed by atoms with Crippen molar-refractivity contribution in [3.8, 4) is 0 Å². The molecule has 0 aliphatic rings. The molecule has 0 saturated heterocycles. The molecule has 0 heterocycles. The summed E-state index contributed by atoms with van der Waals surface area (Å²) in [6.07, 6.45) is 1.13. The molecule has 2 atom stereocenters. The van der Waals surface area contributed by atoms with Gasteiger partial charge in [0.1, 0.15) is 5.82 Å². The zero-order chi connectivity index (χ0) is 13.5. The first-order valence-electron chi connectivity index (χ1n) is 6.73. The van der Waals surface area contributed by atoms with Crippen LogP contribution >= 0.6 is 0 Å². The summed E-state index contributed by atoms with van der Waals surface area (Å²) < 4.78 is 13.6. The molecule has 0 aliphatic carbocycles. The molecule has 1 N–H and O–H groups in total. The largest absolute Gasteiger partial charge is 0.313 e. The minimum atomic E-state index is -0.120. The summed E-state index contributed by atoms with van der Waals surface area (Å²) in [7, 11) is 2.04. The Kier molecular flexibility index (Phi) is 6.30. The standard InChI is InChI=1S/C15H25FN2/c1-5-10-17-12(2)13(3)18(4)11-14-8-6-7-9-15(14)16/h6-9,12-13,17H,5,10-11H2,1-4H3. The van der Waals surface area contributed by atoms with Crippen LogP contribution in [-0.2, 0) is 6.54 Å². The van der Waals surface area contributed by atoms with Crippen LogP contribution in [0.5, 0.6) is 0 Å². The molecule has 0 amide bonds. The van der Waals surface area contributed by atoms with Gasteiger partial charge in [0.05, 0.1) is 0 Å². The first kappa shape index (κ1) is 15.1. The van der Waals surface area contributed by atoms with Gasteiger partial charge in [0.25, 0.3) is 0 Å². The summed E-state index contributed by atoms with van der Waals surface area (Å²) in [4.78, 5) is 2.19. The van der Waals surface area contributed by atoms with Crippen LogP contribution < -0.4 is 5.32 Å². The van der Waals surface area contributed by atoms with Gasteiger partial charge in [0, 0.05) is 24.2 Å². The van der Waals surface area contributed by atoms with E-state index in [0.717, 1.165) is 18.5 Å². The summed E-state index contributed by atoms with van der Waals surface area (Å²) in [5.74, 6) is -0.120. The third kappa shape index (κ3) is 4.39. The summed E-state index contributed by atoms with van der Waals surface area (Å²) in [6.45, 7) is 8.19. The van der Waals surface area contributed by atoms with Crippen molar-refractivity contribution in [3.05, 3.63) is 35.6 Å². The molecule has 2 unspecified atom stereocenters. The Morgan fingerprint density at radius 2 is 1.94 bits per heavy atom. The summed E-state index contributed by atoms with van der Waals surface area (Å²) in [6, 6.07) is 7.76. The quantitative estimate of drug-likeness (QED) is 0.802. The van der Waals surface area contributed by atoms with Crippen molar-refractivity contribution >= 4 is 0 Å². The zero-order valence-corrected chi connectivity index (χ0v) is 11.9. The van der Waals surface area contributed by atoms with Crippen LogP contribution in [0.1, 0.15) is 32.8 Å². The number of halogens is 1. The van der Waals surface area contributed by atoms with Crippen LogP contribution in [0.15, 0.2) is 24.3 Å². The molecule has 1 aromatic carbocycles. The third-order valence-corrected chi connectivity index (χ3v) is 3.51. The van der Waals surface area contributed by atoms with Gasteiger partial charge >= 0.3 is 0 Å². The van der Waals surface area contributed by atoms with Gasteiger partial charge < -0.3 is 5.32 Å². The first-order valence-corrected chi connectivity index (χ1v) is 6.73. The number of rotatable bonds is 7. The van der Waals surface area contributed by atoms with E-state index in [2.05, 4.69) is 31.0 Å². The van der Waals surface area contributed by atoms with Gasteiger partial charge in [-0.3, -0.25) is 4.90 Å². The van der Waals surface area contributed by atoms with Crippen molar-refractivity contribution in [2.75, 3.05) is 13.6 Å². The van der Waals surface area contributed by atoms with E-state index in [1.165, 1.54) is 6.07 Å². The van der Waals surface area contributed by atoms with Gasteiger partial charge in [-0.15, -0.1) is 0 Å². The van der Waals surface area contributed by atoms with E-state index in [4.69, 9.17) is 0 Å². The molecule has 0 aliphatic heterocycles. The summed E-state index contributed by atoms with van der Waals surface area (Å²) >= 11 is 0. The fraction of sp³-hybridized carbons (Fsp3) is 0.600. The van der Waals surface area contributed by atoms with Gasteiger partial charge in [-0.05, 0) is 39.9 Å². The lowest BCUT2D eigenvalue weighted by Gasteiger charge is -2.30. The second kappa shape index (κ2) is 7.49. The molecule has 3 heteroatoms. The number of hydrogen-bond donors (Lipinski definition) is 1. The zero-order valence-electron chi connectivity index (χ0n) is 11.9. The number of nitrogens with one attached hydrogen (secondary N) is 1. The molecule has 1 aromatic rings. The number of benzene rings is 1. The third-order valence-electron chi connectivity index (χ3n) is 3.51. The van der Waals surface area contributed by atoms with Gasteiger partial charge in [-0.1, -0.05) is 25.1 Å². The van der Waals surface area contributed by atoms with Crippen molar-refractivity contribution in [2.45, 2.75) is 45.8 Å². The number of likely N-dealkylation sites (N-methyl/N-ethyl adjacent to an activating group) is 1. The van der Waals surface area contributed by atoms with E-state index in [9.17, 15) is 4.39 Å². The molecule has 102 valence electrons. The average molecular weight is 252 g/mol. The van der Waals surface area contributed by atoms with E-state index in [0.29, 0.717) is 18.6 Å². The average Bonchev–Trinajstić information content (AvgIpc) is 2.37. The van der Waals surface area contributed by atoms with Crippen LogP contribution in [0.25, 0.3) is 0 Å². The van der Waals surface area contributed by atoms with Crippen molar-refractivity contribution < 1.29 is 4.39 Å². The van der Waals surface area contributed by atoms with E-state index in [1.54, 1.807) is 6.07 Å². The molecule has 0 aromatic heterocycles. The van der Waals surface area contributed by atoms with E-state index in [-0.39, 0.29) is 5.82 Å². The van der Waals surface area contributed by atoms with Gasteiger partial charge in [0.2, 0.25) is 0 Å². The highest BCUT2D eigenvalue weighted by atomic mass is 19.1. The molecule has 0 fully saturated rings. The van der Waals surface area contributed by atoms with E-state index >= 15 is 0 Å². The molecule has 2 nitrogen and oxygen atoms in total. The Labute approximate surface area is 110 Å². The maximum Gasteiger partial charge on any atom is 0.127 e. The molecule has 0 bridgehead atoms. The highest BCUT2D eigenvalue weighted by molar-refractivity contribution is 5.17. The molecular weight excluding hydrogens is 227 g/mol. The van der Waals surface area contributed by atoms with Crippen molar-refractivity contribution in [1.29, 1.82) is 0 Å². The van der Waals surface area contributed by atoms with E-state index < -0.39 is 0 Å². The van der Waals surface area contributed by atoms with Crippen LogP contribution in [0.2, 0.25) is 0 Å². The second-order valence-corrected chi connectivity index (χ2v) is 4.99. The topological polar surface area (TPSA) is 15.3 Å². The number of hydrogen-bond acceptors (Lipinski definition) is 2. The summed E-state index contributed by atoms with van der Waals surface area (Å²) in [5.41, 5.74) is 0.759. The molecule has 0 radical (unpaired) electrons. The number of nitrogens with zero attached hydrogens (tertiary/aromatic N) is 1. The Morgan fingerprint density at radius 3 is 2.56 bits per heavy atom. The minimum Gasteiger partial charge on any atom is -0.313 e. The van der Waals surface area contributed by atoms with Crippen LogP contribution in [0, 0.1) is 5.82 Å². The predicted molar refractivity (Wildman–Crippen MR) is 75.1 cm³/mol. The van der Waals surface area contributed by atoms with Gasteiger partial charge in [0.15, 0.2) is 0 Å². The smallest absolute Gasteiger partial charge is 0.127 e. The Morgan fingerprint density at radius 1 is 1.28 bits per heavy atom. The minimum absolute atomic E-state index is 0.120.